The summed E-state index contributed by atoms with van der Waals surface area (Å²) < 4.78 is 2.37. The Labute approximate surface area is 160 Å². The van der Waals surface area contributed by atoms with Gasteiger partial charge in [-0.25, -0.2) is 4.98 Å². The highest BCUT2D eigenvalue weighted by Crippen LogP contribution is 2.34. The number of carbonyl (C=O) groups is 1. The van der Waals surface area contributed by atoms with Crippen molar-refractivity contribution in [2.24, 2.45) is 0 Å². The molecular weight excluding hydrogens is 334 g/mol. The molecule has 4 rings (SSSR count). The second kappa shape index (κ2) is 7.78. The molecule has 1 saturated carbocycles. The molecule has 0 atom stereocenters. The number of para-hydroxylation sites is 2. The number of nitrogens with zero attached hydrogens (tertiary/aromatic N) is 3. The number of hydrogen-bond donors (Lipinski definition) is 0. The Hall–Kier alpha value is -2.88. The van der Waals surface area contributed by atoms with Crippen LogP contribution in [0, 0.1) is 0 Å². The van der Waals surface area contributed by atoms with E-state index in [4.69, 9.17) is 4.98 Å². The first-order chi connectivity index (χ1) is 13.3. The Balaban J connectivity index is 1.71. The zero-order valence-electron chi connectivity index (χ0n) is 15.6. The molecule has 0 N–H and O–H groups in total. The van der Waals surface area contributed by atoms with Crippen LogP contribution < -0.4 is 0 Å². The molecule has 138 valence electrons. The number of rotatable bonds is 6. The Morgan fingerprint density at radius 1 is 1.11 bits per heavy atom. The number of carbonyl (C=O) groups excluding carboxylic acids is 1. The van der Waals surface area contributed by atoms with Crippen LogP contribution >= 0.6 is 0 Å². The molecular formula is C23H25N3O. The summed E-state index contributed by atoms with van der Waals surface area (Å²) in [6.07, 6.45) is 6.66. The van der Waals surface area contributed by atoms with Crippen molar-refractivity contribution < 1.29 is 4.79 Å². The van der Waals surface area contributed by atoms with Crippen molar-refractivity contribution in [1.82, 2.24) is 14.5 Å². The lowest BCUT2D eigenvalue weighted by atomic mass is 10.2. The van der Waals surface area contributed by atoms with Gasteiger partial charge in [0.05, 0.1) is 17.6 Å². The molecule has 1 aliphatic rings. The molecule has 1 aliphatic carbocycles. The maximum absolute atomic E-state index is 13.0. The van der Waals surface area contributed by atoms with E-state index in [1.807, 2.05) is 41.3 Å². The highest BCUT2D eigenvalue weighted by Gasteiger charge is 2.25. The molecule has 0 unspecified atom stereocenters. The summed E-state index contributed by atoms with van der Waals surface area (Å²) >= 11 is 0. The van der Waals surface area contributed by atoms with Gasteiger partial charge in [-0.2, -0.15) is 0 Å². The van der Waals surface area contributed by atoms with Crippen LogP contribution in [0.5, 0.6) is 0 Å². The van der Waals surface area contributed by atoms with Gasteiger partial charge in [-0.3, -0.25) is 4.79 Å². The molecule has 4 nitrogen and oxygen atoms in total. The van der Waals surface area contributed by atoms with Crippen molar-refractivity contribution in [3.05, 3.63) is 78.6 Å². The number of amides is 1. The van der Waals surface area contributed by atoms with Gasteiger partial charge in [0.25, 0.3) is 5.91 Å². The van der Waals surface area contributed by atoms with Crippen molar-refractivity contribution >= 4 is 16.9 Å². The molecule has 0 spiro atoms. The maximum atomic E-state index is 13.0. The van der Waals surface area contributed by atoms with Crippen LogP contribution in [0.25, 0.3) is 11.0 Å². The summed E-state index contributed by atoms with van der Waals surface area (Å²) in [5.74, 6) is 0.981. The number of fused-ring (bicyclic) bond motifs is 1. The normalized spacial score (nSPS) is 14.5. The zero-order chi connectivity index (χ0) is 18.6. The molecule has 0 bridgehead atoms. The summed E-state index contributed by atoms with van der Waals surface area (Å²) in [6, 6.07) is 18.2. The van der Waals surface area contributed by atoms with Crippen molar-refractivity contribution in [1.29, 1.82) is 0 Å². The first-order valence-electron chi connectivity index (χ1n) is 9.69. The van der Waals surface area contributed by atoms with E-state index in [0.717, 1.165) is 11.3 Å². The largest absolute Gasteiger partial charge is 0.327 e. The third-order valence-corrected chi connectivity index (χ3v) is 5.35. The summed E-state index contributed by atoms with van der Waals surface area (Å²) in [7, 11) is 0. The second-order valence-electron chi connectivity index (χ2n) is 7.17. The van der Waals surface area contributed by atoms with Gasteiger partial charge >= 0.3 is 0 Å². The molecule has 2 aromatic carbocycles. The molecule has 1 amide bonds. The van der Waals surface area contributed by atoms with Crippen LogP contribution in [-0.2, 0) is 6.54 Å². The van der Waals surface area contributed by atoms with Crippen LogP contribution in [-0.4, -0.2) is 26.9 Å². The standard InChI is InChI=1S/C23H25N3O/c1-2-16-25(23(27)18-10-4-3-5-11-18)17-22-24-20-14-8-9-15-21(20)26(22)19-12-6-7-13-19/h2-5,8-11,14-15,19H,1,6-7,12-13,16-17H2. The van der Waals surface area contributed by atoms with E-state index >= 15 is 0 Å². The van der Waals surface area contributed by atoms with E-state index < -0.39 is 0 Å². The average Bonchev–Trinajstić information content (AvgIpc) is 3.34. The Morgan fingerprint density at radius 2 is 1.81 bits per heavy atom. The van der Waals surface area contributed by atoms with Crippen LogP contribution in [0.15, 0.2) is 67.3 Å². The van der Waals surface area contributed by atoms with Gasteiger partial charge < -0.3 is 9.47 Å². The highest BCUT2D eigenvalue weighted by molar-refractivity contribution is 5.94. The second-order valence-corrected chi connectivity index (χ2v) is 7.17. The van der Waals surface area contributed by atoms with Gasteiger partial charge in [0.1, 0.15) is 5.82 Å². The monoisotopic (exact) mass is 359 g/mol. The lowest BCUT2D eigenvalue weighted by molar-refractivity contribution is 0.0756. The molecule has 0 saturated heterocycles. The van der Waals surface area contributed by atoms with Crippen LogP contribution in [0.3, 0.4) is 0 Å². The van der Waals surface area contributed by atoms with Gasteiger partial charge in [-0.05, 0) is 37.1 Å². The smallest absolute Gasteiger partial charge is 0.254 e. The van der Waals surface area contributed by atoms with E-state index in [2.05, 4.69) is 29.3 Å². The number of hydrogen-bond acceptors (Lipinski definition) is 2. The lowest BCUT2D eigenvalue weighted by Crippen LogP contribution is -2.32. The van der Waals surface area contributed by atoms with Crippen molar-refractivity contribution in [3.8, 4) is 0 Å². The SMILES string of the molecule is C=CCN(Cc1nc2ccccc2n1C1CCCC1)C(=O)c1ccccc1. The minimum absolute atomic E-state index is 0.0144. The lowest BCUT2D eigenvalue weighted by Gasteiger charge is -2.23. The Kier molecular flexibility index (Phi) is 5.05. The van der Waals surface area contributed by atoms with Crippen molar-refractivity contribution in [2.45, 2.75) is 38.3 Å². The molecule has 3 aromatic rings. The Bertz CT molecular complexity index is 939. The summed E-state index contributed by atoms with van der Waals surface area (Å²) in [5, 5.41) is 0. The van der Waals surface area contributed by atoms with Crippen LogP contribution in [0.4, 0.5) is 0 Å². The third kappa shape index (κ3) is 3.52. The van der Waals surface area contributed by atoms with Gasteiger partial charge in [0.15, 0.2) is 0 Å². The van der Waals surface area contributed by atoms with E-state index in [0.29, 0.717) is 24.7 Å². The maximum Gasteiger partial charge on any atom is 0.254 e. The zero-order valence-corrected chi connectivity index (χ0v) is 15.6. The van der Waals surface area contributed by atoms with Crippen LogP contribution in [0.1, 0.15) is 47.9 Å². The quantitative estimate of drug-likeness (QED) is 0.582. The minimum atomic E-state index is 0.0144. The molecule has 4 heteroatoms. The first-order valence-corrected chi connectivity index (χ1v) is 9.69. The third-order valence-electron chi connectivity index (χ3n) is 5.35. The number of benzene rings is 2. The van der Waals surface area contributed by atoms with Crippen molar-refractivity contribution in [2.75, 3.05) is 6.54 Å². The van der Waals surface area contributed by atoms with E-state index in [-0.39, 0.29) is 5.91 Å². The predicted molar refractivity (Wildman–Crippen MR) is 109 cm³/mol. The fraction of sp³-hybridized carbons (Fsp3) is 0.304. The molecule has 1 fully saturated rings. The minimum Gasteiger partial charge on any atom is -0.327 e. The topological polar surface area (TPSA) is 38.1 Å². The van der Waals surface area contributed by atoms with Crippen LogP contribution in [0.2, 0.25) is 0 Å². The Morgan fingerprint density at radius 3 is 2.56 bits per heavy atom. The fourth-order valence-electron chi connectivity index (χ4n) is 4.08. The van der Waals surface area contributed by atoms with Crippen molar-refractivity contribution in [3.63, 3.8) is 0 Å². The molecule has 0 aliphatic heterocycles. The van der Waals surface area contributed by atoms with Gasteiger partial charge in [0, 0.05) is 18.2 Å². The molecule has 1 heterocycles. The van der Waals surface area contributed by atoms with E-state index in [9.17, 15) is 4.79 Å². The molecule has 27 heavy (non-hydrogen) atoms. The summed E-state index contributed by atoms with van der Waals surface area (Å²) in [4.78, 5) is 19.7. The fourth-order valence-corrected chi connectivity index (χ4v) is 4.08. The van der Waals surface area contributed by atoms with Gasteiger partial charge in [-0.1, -0.05) is 49.2 Å². The summed E-state index contributed by atoms with van der Waals surface area (Å²) in [6.45, 7) is 4.83. The summed E-state index contributed by atoms with van der Waals surface area (Å²) in [5.41, 5.74) is 2.87. The predicted octanol–water partition coefficient (Wildman–Crippen LogP) is 4.98. The number of imidazole rings is 1. The van der Waals surface area contributed by atoms with E-state index in [1.165, 1.54) is 31.2 Å². The highest BCUT2D eigenvalue weighted by atomic mass is 16.2. The van der Waals surface area contributed by atoms with Gasteiger partial charge in [-0.15, -0.1) is 6.58 Å². The number of aromatic nitrogens is 2. The molecule has 0 radical (unpaired) electrons. The van der Waals surface area contributed by atoms with E-state index in [1.54, 1.807) is 6.08 Å². The first kappa shape index (κ1) is 17.5. The molecule has 1 aromatic heterocycles. The van der Waals surface area contributed by atoms with Gasteiger partial charge in [0.2, 0.25) is 0 Å². The average molecular weight is 359 g/mol.